The molecule has 1 aliphatic heterocycles. The van der Waals surface area contributed by atoms with Gasteiger partial charge in [0, 0.05) is 12.6 Å². The molecule has 1 saturated heterocycles. The summed E-state index contributed by atoms with van der Waals surface area (Å²) in [4.78, 5) is 6.19. The Kier molecular flexibility index (Phi) is 6.82. The number of aromatic nitrogens is 3. The summed E-state index contributed by atoms with van der Waals surface area (Å²) in [6.45, 7) is 1.76. The molecule has 1 aliphatic rings. The van der Waals surface area contributed by atoms with E-state index < -0.39 is 40.7 Å². The van der Waals surface area contributed by atoms with Crippen LogP contribution in [-0.4, -0.2) is 88.6 Å². The van der Waals surface area contributed by atoms with Crippen LogP contribution in [0.4, 0.5) is 25.3 Å². The van der Waals surface area contributed by atoms with Crippen molar-refractivity contribution < 1.29 is 44.5 Å². The van der Waals surface area contributed by atoms with E-state index >= 15 is 4.39 Å². The zero-order chi connectivity index (χ0) is 31.0. The largest absolute Gasteiger partial charge is 0.372 e. The van der Waals surface area contributed by atoms with Gasteiger partial charge in [0.15, 0.2) is 24.4 Å². The summed E-state index contributed by atoms with van der Waals surface area (Å²) in [5.41, 5.74) is -2.51. The highest BCUT2D eigenvalue weighted by Gasteiger charge is 2.70. The molecule has 0 saturated carbocycles. The first kappa shape index (κ1) is 29.7. The third kappa shape index (κ3) is 4.30. The molecule has 18 heteroatoms. The van der Waals surface area contributed by atoms with E-state index in [1.54, 1.807) is 14.0 Å². The number of rotatable bonds is 5. The van der Waals surface area contributed by atoms with Crippen LogP contribution in [0.2, 0.25) is 0 Å². The molecule has 0 bridgehead atoms. The minimum Gasteiger partial charge on any atom is -0.372 e. The topological polar surface area (TPSA) is 214 Å². The number of nitriles is 1. The molecule has 0 aliphatic carbocycles. The Balaban J connectivity index is 1.70. The van der Waals surface area contributed by atoms with Crippen LogP contribution in [0.5, 0.6) is 0 Å². The van der Waals surface area contributed by atoms with E-state index in [9.17, 15) is 45.4 Å². The van der Waals surface area contributed by atoms with Gasteiger partial charge >= 0.3 is 11.8 Å². The first-order valence-corrected chi connectivity index (χ1v) is 13.1. The molecule has 0 spiro atoms. The van der Waals surface area contributed by atoms with E-state index in [1.807, 2.05) is 0 Å². The second-order valence-electron chi connectivity index (χ2n) is 9.80. The molecule has 1 atom stereocenters. The predicted octanol–water partition coefficient (Wildman–Crippen LogP) is -1.46. The van der Waals surface area contributed by atoms with E-state index in [1.165, 1.54) is 34.5 Å². The van der Waals surface area contributed by atoms with Crippen molar-refractivity contribution in [2.75, 3.05) is 16.8 Å². The van der Waals surface area contributed by atoms with Crippen LogP contribution >= 0.6 is 11.3 Å². The molecular formula is C24H24BF2N7O7S. The zero-order valence-corrected chi connectivity index (χ0v) is 23.0. The first-order chi connectivity index (χ1) is 19.5. The van der Waals surface area contributed by atoms with E-state index in [-0.39, 0.29) is 26.1 Å². The monoisotopic (exact) mass is 603 g/mol. The van der Waals surface area contributed by atoms with Gasteiger partial charge in [-0.3, -0.25) is 4.90 Å². The quantitative estimate of drug-likeness (QED) is 0.0969. The van der Waals surface area contributed by atoms with Gasteiger partial charge in [-0.05, 0) is 36.8 Å². The Morgan fingerprint density at radius 2 is 1.74 bits per heavy atom. The van der Waals surface area contributed by atoms with Gasteiger partial charge in [-0.2, -0.15) is 10.4 Å². The van der Waals surface area contributed by atoms with E-state index in [2.05, 4.69) is 16.2 Å². The lowest BCUT2D eigenvalue weighted by molar-refractivity contribution is -0.447. The van der Waals surface area contributed by atoms with E-state index in [0.717, 1.165) is 28.1 Å². The summed E-state index contributed by atoms with van der Waals surface area (Å²) in [5.74, 6) is -13.2. The molecule has 1 aromatic carbocycles. The van der Waals surface area contributed by atoms with Crippen molar-refractivity contribution in [3.63, 3.8) is 0 Å². The molecule has 220 valence electrons. The number of hydrogen-bond donors (Lipinski definition) is 8. The molecule has 5 rings (SSSR count). The third-order valence-corrected chi connectivity index (χ3v) is 8.04. The van der Waals surface area contributed by atoms with Gasteiger partial charge in [0.25, 0.3) is 5.91 Å². The zero-order valence-electron chi connectivity index (χ0n) is 22.1. The van der Waals surface area contributed by atoms with Crippen molar-refractivity contribution in [2.45, 2.75) is 36.7 Å². The number of thiazole rings is 1. The molecule has 42 heavy (non-hydrogen) atoms. The Hall–Kier alpha value is -3.77. The fourth-order valence-electron chi connectivity index (χ4n) is 4.76. The number of nitrogens with one attached hydrogen (secondary N) is 1. The highest BCUT2D eigenvalue weighted by Crippen LogP contribution is 2.44. The van der Waals surface area contributed by atoms with Crippen molar-refractivity contribution in [1.82, 2.24) is 19.9 Å². The number of aliphatic hydroxyl groups is 7. The van der Waals surface area contributed by atoms with Crippen LogP contribution in [0.3, 0.4) is 0 Å². The Morgan fingerprint density at radius 1 is 1.10 bits per heavy atom. The number of benzene rings is 1. The smallest absolute Gasteiger partial charge is 0.321 e. The van der Waals surface area contributed by atoms with Crippen molar-refractivity contribution in [3.05, 3.63) is 58.7 Å². The van der Waals surface area contributed by atoms with Gasteiger partial charge in [-0.15, -0.1) is 0 Å². The first-order valence-electron chi connectivity index (χ1n) is 12.2. The lowest BCUT2D eigenvalue weighted by atomic mass is 9.81. The van der Waals surface area contributed by atoms with Crippen LogP contribution in [0.1, 0.15) is 17.5 Å². The molecular weight excluding hydrogens is 579 g/mol. The normalized spacial score (nSPS) is 21.0. The number of anilines is 3. The van der Waals surface area contributed by atoms with Crippen LogP contribution in [0.25, 0.3) is 16.8 Å². The number of fused-ring (bicyclic) bond motifs is 1. The Bertz CT molecular complexity index is 1710. The second-order valence-corrected chi connectivity index (χ2v) is 10.8. The maximum atomic E-state index is 15.5. The van der Waals surface area contributed by atoms with Gasteiger partial charge < -0.3 is 40.6 Å². The summed E-state index contributed by atoms with van der Waals surface area (Å²) < 4.78 is 30.1. The SMILES string of the molecule is BC1(O)N(c2cc3c(N(C)c4nc(-c5ccc(F)cc5)c(C#N)s4)c(CC)nn3cc2F)C(O)(O)C(O)(O)NC1(O)O. The van der Waals surface area contributed by atoms with Crippen LogP contribution in [0.15, 0.2) is 36.5 Å². The highest BCUT2D eigenvalue weighted by molar-refractivity contribution is 7.16. The van der Waals surface area contributed by atoms with Gasteiger partial charge in [-0.25, -0.2) is 23.6 Å². The van der Waals surface area contributed by atoms with Crippen LogP contribution in [0, 0.1) is 23.0 Å². The molecule has 14 nitrogen and oxygen atoms in total. The molecule has 0 radical (unpaired) electrons. The molecule has 1 unspecified atom stereocenters. The van der Waals surface area contributed by atoms with Gasteiger partial charge in [0.05, 0.1) is 28.8 Å². The van der Waals surface area contributed by atoms with Gasteiger partial charge in [0.2, 0.25) is 0 Å². The minimum absolute atomic E-state index is 0.0795. The average molecular weight is 603 g/mol. The lowest BCUT2D eigenvalue weighted by Gasteiger charge is -2.59. The summed E-state index contributed by atoms with van der Waals surface area (Å²) in [6, 6.07) is 8.43. The minimum atomic E-state index is -3.93. The lowest BCUT2D eigenvalue weighted by Crippen LogP contribution is -2.90. The number of halogens is 2. The van der Waals surface area contributed by atoms with Crippen LogP contribution < -0.4 is 15.1 Å². The molecule has 1 fully saturated rings. The van der Waals surface area contributed by atoms with Crippen LogP contribution in [-0.2, 0) is 6.42 Å². The van der Waals surface area contributed by atoms with Gasteiger partial charge in [-0.1, -0.05) is 18.3 Å². The maximum Gasteiger partial charge on any atom is 0.321 e. The van der Waals surface area contributed by atoms with E-state index in [0.29, 0.717) is 31.2 Å². The van der Waals surface area contributed by atoms with Crippen molar-refractivity contribution in [1.29, 1.82) is 5.26 Å². The number of aryl methyl sites for hydroxylation is 1. The molecule has 4 heterocycles. The number of pyridine rings is 1. The van der Waals surface area contributed by atoms with Crippen molar-refractivity contribution in [2.24, 2.45) is 0 Å². The predicted molar refractivity (Wildman–Crippen MR) is 145 cm³/mol. The number of nitrogens with zero attached hydrogens (tertiary/aromatic N) is 6. The molecule has 4 aromatic rings. The summed E-state index contributed by atoms with van der Waals surface area (Å²) in [5, 5.41) is 88.9. The number of piperazine rings is 1. The highest BCUT2D eigenvalue weighted by atomic mass is 32.1. The fourth-order valence-corrected chi connectivity index (χ4v) is 5.61. The summed E-state index contributed by atoms with van der Waals surface area (Å²) in [6.07, 6.45) is 1.11. The van der Waals surface area contributed by atoms with Crippen molar-refractivity contribution >= 4 is 41.2 Å². The van der Waals surface area contributed by atoms with E-state index in [4.69, 9.17) is 0 Å². The Morgan fingerprint density at radius 3 is 2.33 bits per heavy atom. The van der Waals surface area contributed by atoms with Gasteiger partial charge in [0.1, 0.15) is 22.5 Å². The fraction of sp³-hybridized carbons (Fsp3) is 0.292. The number of hydrogen-bond acceptors (Lipinski definition) is 14. The summed E-state index contributed by atoms with van der Waals surface area (Å²) >= 11 is 1.00. The molecule has 8 N–H and O–H groups in total. The third-order valence-electron chi connectivity index (χ3n) is 7.00. The van der Waals surface area contributed by atoms with Crippen molar-refractivity contribution in [3.8, 4) is 17.3 Å². The second kappa shape index (κ2) is 9.63. The molecule has 3 aromatic heterocycles. The average Bonchev–Trinajstić information content (AvgIpc) is 3.48. The molecule has 0 amide bonds. The standard InChI is InChI=1S/C24H24BF2N7O7S/c1-3-14-19(32(2)20-29-18(17(9-28)42-20)11-4-6-12(26)7-5-11)16-8-15(13(27)10-33(16)30-14)34-21(25,35)22(36,37)31-23(38,39)24(34,40)41/h4-8,10,31,35-41H,3,25H2,1-2H3. The Labute approximate surface area is 240 Å². The summed E-state index contributed by atoms with van der Waals surface area (Å²) in [7, 11) is 2.24. The maximum absolute atomic E-state index is 15.5.